The highest BCUT2D eigenvalue weighted by atomic mass is 32.1. The van der Waals surface area contributed by atoms with Crippen LogP contribution in [0.2, 0.25) is 0 Å². The third kappa shape index (κ3) is 4.47. The summed E-state index contributed by atoms with van der Waals surface area (Å²) in [6.07, 6.45) is 1.51. The molecule has 5 rings (SSSR count). The molecule has 0 aliphatic carbocycles. The zero-order valence-electron chi connectivity index (χ0n) is 19.5. The first-order valence-electron chi connectivity index (χ1n) is 11.7. The van der Waals surface area contributed by atoms with E-state index in [0.29, 0.717) is 18.2 Å². The number of β-amino-alcohol motifs (C(OH)–C–C–N with tert-alkyl or cyclic N) is 1. The lowest BCUT2D eigenvalue weighted by Gasteiger charge is -2.46. The quantitative estimate of drug-likeness (QED) is 0.338. The molecule has 1 fully saturated rings. The molecule has 2 unspecified atom stereocenters. The fourth-order valence-electron chi connectivity index (χ4n) is 5.18. The molecule has 0 amide bonds. The molecule has 2 aromatic carbocycles. The largest absolute Gasteiger partial charge is 0.507 e. The van der Waals surface area contributed by atoms with Crippen molar-refractivity contribution in [1.82, 2.24) is 9.88 Å². The molecule has 6 heteroatoms. The number of hydrogen-bond donors (Lipinski definition) is 3. The highest BCUT2D eigenvalue weighted by Gasteiger charge is 2.36. The van der Waals surface area contributed by atoms with Gasteiger partial charge in [0, 0.05) is 43.6 Å². The van der Waals surface area contributed by atoms with Crippen LogP contribution in [0.1, 0.15) is 43.2 Å². The number of H-pyrrole nitrogens is 1. The van der Waals surface area contributed by atoms with E-state index in [0.717, 1.165) is 51.8 Å². The summed E-state index contributed by atoms with van der Waals surface area (Å²) >= 11 is 1.79. The number of phenolic OH excluding ortho intramolecular Hbond substituents is 1. The van der Waals surface area contributed by atoms with E-state index in [1.54, 1.807) is 17.4 Å². The highest BCUT2D eigenvalue weighted by Crippen LogP contribution is 2.43. The fraction of sp³-hybridized carbons (Fsp3) is 0.407. The Morgan fingerprint density at radius 3 is 2.79 bits per heavy atom. The van der Waals surface area contributed by atoms with Crippen LogP contribution in [0, 0.1) is 6.92 Å². The number of rotatable bonds is 6. The van der Waals surface area contributed by atoms with Crippen LogP contribution < -0.4 is 4.74 Å². The second-order valence-corrected chi connectivity index (χ2v) is 11.0. The fourth-order valence-corrected chi connectivity index (χ4v) is 6.40. The Kier molecular flexibility index (Phi) is 5.85. The Labute approximate surface area is 198 Å². The number of piperidine rings is 1. The normalized spacial score (nSPS) is 19.8. The Morgan fingerprint density at radius 2 is 2.00 bits per heavy atom. The number of aromatic hydroxyl groups is 1. The Morgan fingerprint density at radius 1 is 1.18 bits per heavy atom. The number of aliphatic hydroxyl groups excluding tert-OH is 1. The van der Waals surface area contributed by atoms with Gasteiger partial charge in [-0.15, -0.1) is 11.3 Å². The van der Waals surface area contributed by atoms with Crippen LogP contribution in [-0.2, 0) is 0 Å². The molecule has 0 saturated carbocycles. The van der Waals surface area contributed by atoms with Crippen molar-refractivity contribution in [3.05, 3.63) is 59.1 Å². The molecule has 0 radical (unpaired) electrons. The van der Waals surface area contributed by atoms with Gasteiger partial charge in [0.15, 0.2) is 0 Å². The van der Waals surface area contributed by atoms with Crippen LogP contribution in [-0.4, -0.2) is 51.4 Å². The molecule has 0 spiro atoms. The highest BCUT2D eigenvalue weighted by molar-refractivity contribution is 7.19. The second-order valence-electron chi connectivity index (χ2n) is 9.92. The van der Waals surface area contributed by atoms with Crippen molar-refractivity contribution >= 4 is 32.3 Å². The summed E-state index contributed by atoms with van der Waals surface area (Å²) in [5.41, 5.74) is 2.12. The van der Waals surface area contributed by atoms with Crippen molar-refractivity contribution in [2.24, 2.45) is 0 Å². The van der Waals surface area contributed by atoms with Crippen molar-refractivity contribution in [3.8, 4) is 11.5 Å². The number of thiophene rings is 1. The molecule has 5 nitrogen and oxygen atoms in total. The molecule has 2 atom stereocenters. The monoisotopic (exact) mass is 464 g/mol. The summed E-state index contributed by atoms with van der Waals surface area (Å²) in [4.78, 5) is 7.07. The number of aryl methyl sites for hydroxylation is 1. The number of nitrogens with zero attached hydrogens (tertiary/aromatic N) is 1. The van der Waals surface area contributed by atoms with Crippen molar-refractivity contribution < 1.29 is 14.9 Å². The van der Waals surface area contributed by atoms with Crippen molar-refractivity contribution in [2.75, 3.05) is 19.7 Å². The van der Waals surface area contributed by atoms with Gasteiger partial charge in [0.25, 0.3) is 0 Å². The Bertz CT molecular complexity index is 1280. The standard InChI is InChI=1S/C27H32N2O3S/c1-17-12-20-22(28-17)6-4-8-24(20)32-16-19(30)15-29-11-10-18(14-27(29,2)3)26-13-21-23(31)7-5-9-25(21)33-26/h4-9,12-13,18-19,28,30-31H,10-11,14-16H2,1-3H3. The molecule has 1 saturated heterocycles. The minimum atomic E-state index is -0.558. The third-order valence-electron chi connectivity index (χ3n) is 6.93. The maximum absolute atomic E-state index is 10.8. The van der Waals surface area contributed by atoms with Crippen LogP contribution in [0.25, 0.3) is 21.0 Å². The number of aromatic amines is 1. The topological polar surface area (TPSA) is 68.7 Å². The van der Waals surface area contributed by atoms with E-state index < -0.39 is 6.10 Å². The van der Waals surface area contributed by atoms with E-state index in [9.17, 15) is 10.2 Å². The van der Waals surface area contributed by atoms with Crippen LogP contribution in [0.3, 0.4) is 0 Å². The van der Waals surface area contributed by atoms with Gasteiger partial charge in [-0.2, -0.15) is 0 Å². The lowest BCUT2D eigenvalue weighted by molar-refractivity contribution is 0.00396. The lowest BCUT2D eigenvalue weighted by Crippen LogP contribution is -2.52. The number of nitrogens with one attached hydrogen (secondary N) is 1. The molecular formula is C27H32N2O3S. The maximum atomic E-state index is 10.8. The zero-order chi connectivity index (χ0) is 23.2. The van der Waals surface area contributed by atoms with Crippen LogP contribution >= 0.6 is 11.3 Å². The van der Waals surface area contributed by atoms with Crippen molar-refractivity contribution in [2.45, 2.75) is 51.2 Å². The average Bonchev–Trinajstić information content (AvgIpc) is 3.37. The van der Waals surface area contributed by atoms with E-state index >= 15 is 0 Å². The molecular weight excluding hydrogens is 432 g/mol. The van der Waals surface area contributed by atoms with E-state index in [4.69, 9.17) is 4.74 Å². The summed E-state index contributed by atoms with van der Waals surface area (Å²) < 4.78 is 7.16. The van der Waals surface area contributed by atoms with Gasteiger partial charge in [0.1, 0.15) is 24.2 Å². The van der Waals surface area contributed by atoms with Gasteiger partial charge in [-0.25, -0.2) is 0 Å². The minimum Gasteiger partial charge on any atom is -0.507 e. The number of aromatic nitrogens is 1. The first-order valence-corrected chi connectivity index (χ1v) is 12.5. The number of ether oxygens (including phenoxy) is 1. The minimum absolute atomic E-state index is 0.0279. The first kappa shape index (κ1) is 22.3. The van der Waals surface area contributed by atoms with Crippen LogP contribution in [0.5, 0.6) is 11.5 Å². The van der Waals surface area contributed by atoms with Gasteiger partial charge in [0.05, 0.1) is 0 Å². The maximum Gasteiger partial charge on any atom is 0.128 e. The predicted octanol–water partition coefficient (Wildman–Crippen LogP) is 5.79. The Balaban J connectivity index is 1.22. The number of phenols is 1. The van der Waals surface area contributed by atoms with E-state index in [2.05, 4.69) is 41.9 Å². The molecule has 1 aliphatic rings. The van der Waals surface area contributed by atoms with Crippen molar-refractivity contribution in [3.63, 3.8) is 0 Å². The number of hydrogen-bond acceptors (Lipinski definition) is 5. The number of aliphatic hydroxyl groups is 1. The van der Waals surface area contributed by atoms with Crippen molar-refractivity contribution in [1.29, 1.82) is 0 Å². The van der Waals surface area contributed by atoms with Gasteiger partial charge in [-0.1, -0.05) is 12.1 Å². The smallest absolute Gasteiger partial charge is 0.128 e. The van der Waals surface area contributed by atoms with E-state index in [1.807, 2.05) is 31.2 Å². The Hall–Kier alpha value is -2.54. The van der Waals surface area contributed by atoms with Crippen LogP contribution in [0.15, 0.2) is 48.5 Å². The molecule has 3 N–H and O–H groups in total. The van der Waals surface area contributed by atoms with Gasteiger partial charge in [0.2, 0.25) is 0 Å². The summed E-state index contributed by atoms with van der Waals surface area (Å²) in [6, 6.07) is 16.0. The SMILES string of the molecule is Cc1cc2c(OCC(O)CN3CCC(c4cc5c(O)cccc5s4)CC3(C)C)cccc2[nH]1. The summed E-state index contributed by atoms with van der Waals surface area (Å²) in [7, 11) is 0. The first-order chi connectivity index (χ1) is 15.8. The van der Waals surface area contributed by atoms with Gasteiger partial charge in [-0.3, -0.25) is 4.90 Å². The second kappa shape index (κ2) is 8.67. The third-order valence-corrected chi connectivity index (χ3v) is 8.19. The van der Waals surface area contributed by atoms with Gasteiger partial charge < -0.3 is 19.9 Å². The molecule has 33 heavy (non-hydrogen) atoms. The van der Waals surface area contributed by atoms with Gasteiger partial charge in [-0.05, 0) is 82.5 Å². The van der Waals surface area contributed by atoms with E-state index in [1.165, 1.54) is 4.88 Å². The molecule has 174 valence electrons. The van der Waals surface area contributed by atoms with Crippen LogP contribution in [0.4, 0.5) is 0 Å². The predicted molar refractivity (Wildman–Crippen MR) is 136 cm³/mol. The van der Waals surface area contributed by atoms with Gasteiger partial charge >= 0.3 is 0 Å². The number of benzene rings is 2. The molecule has 2 aromatic heterocycles. The number of likely N-dealkylation sites (tertiary alicyclic amines) is 1. The number of fused-ring (bicyclic) bond motifs is 2. The average molecular weight is 465 g/mol. The zero-order valence-corrected chi connectivity index (χ0v) is 20.3. The molecule has 4 aromatic rings. The summed E-state index contributed by atoms with van der Waals surface area (Å²) in [5, 5.41) is 23.0. The van der Waals surface area contributed by atoms with E-state index in [-0.39, 0.29) is 12.1 Å². The molecule has 3 heterocycles. The summed E-state index contributed by atoms with van der Waals surface area (Å²) in [5.74, 6) is 1.64. The lowest BCUT2D eigenvalue weighted by atomic mass is 9.81. The molecule has 0 bridgehead atoms. The molecule has 1 aliphatic heterocycles. The summed E-state index contributed by atoms with van der Waals surface area (Å²) in [6.45, 7) is 8.36.